The van der Waals surface area contributed by atoms with Crippen LogP contribution in [0, 0.1) is 0 Å². The molecule has 0 aliphatic heterocycles. The third-order valence-electron chi connectivity index (χ3n) is 12.8. The van der Waals surface area contributed by atoms with E-state index in [1.54, 1.807) is 0 Å². The lowest BCUT2D eigenvalue weighted by atomic mass is 9.82. The summed E-state index contributed by atoms with van der Waals surface area (Å²) in [5.74, 6) is 0. The van der Waals surface area contributed by atoms with Gasteiger partial charge in [-0.05, 0) is 129 Å². The van der Waals surface area contributed by atoms with Gasteiger partial charge >= 0.3 is 0 Å². The van der Waals surface area contributed by atoms with E-state index in [0.29, 0.717) is 0 Å². The molecule has 11 aromatic rings. The highest BCUT2D eigenvalue weighted by Crippen LogP contribution is 2.51. The van der Waals surface area contributed by atoms with Crippen molar-refractivity contribution >= 4 is 60.8 Å². The summed E-state index contributed by atoms with van der Waals surface area (Å²) < 4.78 is 8.89. The van der Waals surface area contributed by atoms with Gasteiger partial charge in [0.25, 0.3) is 0 Å². The van der Waals surface area contributed by atoms with Crippen LogP contribution in [0.1, 0.15) is 25.0 Å². The Bertz CT molecular complexity index is 3450. The average molecular weight is 769 g/mol. The SMILES string of the molecule is CC1(C)c2ccccc2-c2ccc(N(c3ccccc3)c3ccc(-c4cccc5oc6ccc(-c7ccc8c(c7)c7ccccc7n8-c7ccccc7)cc6c45)cc3)cc21. The largest absolute Gasteiger partial charge is 0.456 e. The van der Waals surface area contributed by atoms with Gasteiger partial charge < -0.3 is 13.9 Å². The fourth-order valence-electron chi connectivity index (χ4n) is 9.90. The number of hydrogen-bond acceptors (Lipinski definition) is 2. The van der Waals surface area contributed by atoms with Gasteiger partial charge in [-0.1, -0.05) is 135 Å². The van der Waals surface area contributed by atoms with Crippen molar-refractivity contribution in [2.75, 3.05) is 4.90 Å². The highest BCUT2D eigenvalue weighted by molar-refractivity contribution is 6.14. The van der Waals surface area contributed by atoms with E-state index >= 15 is 0 Å². The molecule has 1 aliphatic rings. The minimum Gasteiger partial charge on any atom is -0.456 e. The van der Waals surface area contributed by atoms with Crippen molar-refractivity contribution in [1.29, 1.82) is 0 Å². The summed E-state index contributed by atoms with van der Waals surface area (Å²) in [5.41, 5.74) is 18.7. The van der Waals surface area contributed by atoms with Crippen LogP contribution in [-0.2, 0) is 5.41 Å². The van der Waals surface area contributed by atoms with E-state index in [4.69, 9.17) is 4.42 Å². The number of anilines is 3. The number of benzene rings is 9. The molecule has 1 aliphatic carbocycles. The lowest BCUT2D eigenvalue weighted by molar-refractivity contribution is 0.660. The summed E-state index contributed by atoms with van der Waals surface area (Å²) >= 11 is 0. The molecular weight excluding hydrogens is 729 g/mol. The number of fused-ring (bicyclic) bond motifs is 9. The van der Waals surface area contributed by atoms with Crippen molar-refractivity contribution in [3.8, 4) is 39.1 Å². The minimum atomic E-state index is -0.0877. The van der Waals surface area contributed by atoms with Crippen LogP contribution < -0.4 is 4.90 Å². The van der Waals surface area contributed by atoms with E-state index in [1.165, 1.54) is 49.6 Å². The van der Waals surface area contributed by atoms with Crippen LogP contribution in [0.3, 0.4) is 0 Å². The maximum absolute atomic E-state index is 6.53. The van der Waals surface area contributed by atoms with Gasteiger partial charge in [-0.3, -0.25) is 0 Å². The summed E-state index contributed by atoms with van der Waals surface area (Å²) in [6.45, 7) is 4.69. The van der Waals surface area contributed by atoms with Gasteiger partial charge in [-0.2, -0.15) is 0 Å². The monoisotopic (exact) mass is 768 g/mol. The summed E-state index contributed by atoms with van der Waals surface area (Å²) in [4.78, 5) is 2.37. The lowest BCUT2D eigenvalue weighted by Crippen LogP contribution is -2.16. The molecule has 60 heavy (non-hydrogen) atoms. The highest BCUT2D eigenvalue weighted by atomic mass is 16.3. The molecule has 0 amide bonds. The van der Waals surface area contributed by atoms with E-state index in [0.717, 1.165) is 61.4 Å². The minimum absolute atomic E-state index is 0.0877. The first kappa shape index (κ1) is 34.4. The molecule has 0 bridgehead atoms. The number of nitrogens with zero attached hydrogens (tertiary/aromatic N) is 2. The topological polar surface area (TPSA) is 21.3 Å². The van der Waals surface area contributed by atoms with Crippen LogP contribution in [0.25, 0.3) is 82.8 Å². The maximum atomic E-state index is 6.53. The van der Waals surface area contributed by atoms with Crippen LogP contribution in [-0.4, -0.2) is 4.57 Å². The van der Waals surface area contributed by atoms with Crippen LogP contribution in [0.2, 0.25) is 0 Å². The van der Waals surface area contributed by atoms with Crippen molar-refractivity contribution in [2.24, 2.45) is 0 Å². The third-order valence-corrected chi connectivity index (χ3v) is 12.8. The number of para-hydroxylation sites is 3. The zero-order valence-corrected chi connectivity index (χ0v) is 33.4. The molecule has 2 aromatic heterocycles. The molecule has 9 aromatic carbocycles. The molecular formula is C57H40N2O. The van der Waals surface area contributed by atoms with E-state index in [2.05, 4.69) is 230 Å². The molecule has 12 rings (SSSR count). The first-order chi connectivity index (χ1) is 29.5. The predicted molar refractivity (Wildman–Crippen MR) is 251 cm³/mol. The molecule has 3 heteroatoms. The van der Waals surface area contributed by atoms with Gasteiger partial charge in [0.05, 0.1) is 11.0 Å². The Morgan fingerprint density at radius 2 is 1.02 bits per heavy atom. The molecule has 284 valence electrons. The Hall–Kier alpha value is -7.62. The van der Waals surface area contributed by atoms with Gasteiger partial charge in [-0.25, -0.2) is 0 Å². The summed E-state index contributed by atoms with van der Waals surface area (Å²) in [7, 11) is 0. The first-order valence-corrected chi connectivity index (χ1v) is 20.8. The Kier molecular flexibility index (Phi) is 7.58. The average Bonchev–Trinajstić information content (AvgIpc) is 3.92. The third kappa shape index (κ3) is 5.22. The number of hydrogen-bond donors (Lipinski definition) is 0. The van der Waals surface area contributed by atoms with E-state index in [9.17, 15) is 0 Å². The van der Waals surface area contributed by atoms with Crippen LogP contribution >= 0.6 is 0 Å². The van der Waals surface area contributed by atoms with Crippen LogP contribution in [0.5, 0.6) is 0 Å². The fourth-order valence-corrected chi connectivity index (χ4v) is 9.90. The second-order valence-corrected chi connectivity index (χ2v) is 16.5. The second kappa shape index (κ2) is 13.2. The smallest absolute Gasteiger partial charge is 0.136 e. The van der Waals surface area contributed by atoms with Crippen molar-refractivity contribution in [3.05, 3.63) is 217 Å². The molecule has 0 saturated carbocycles. The fraction of sp³-hybridized carbons (Fsp3) is 0.0526. The molecule has 0 atom stereocenters. The molecule has 0 saturated heterocycles. The predicted octanol–water partition coefficient (Wildman–Crippen LogP) is 15.8. The van der Waals surface area contributed by atoms with Crippen molar-refractivity contribution < 1.29 is 4.42 Å². The summed E-state index contributed by atoms with van der Waals surface area (Å²) in [6, 6.07) is 74.8. The lowest BCUT2D eigenvalue weighted by Gasteiger charge is -2.28. The Morgan fingerprint density at radius 3 is 1.85 bits per heavy atom. The van der Waals surface area contributed by atoms with E-state index in [-0.39, 0.29) is 5.41 Å². The van der Waals surface area contributed by atoms with Gasteiger partial charge in [-0.15, -0.1) is 0 Å². The van der Waals surface area contributed by atoms with Crippen molar-refractivity contribution in [2.45, 2.75) is 19.3 Å². The Morgan fingerprint density at radius 1 is 0.400 bits per heavy atom. The summed E-state index contributed by atoms with van der Waals surface area (Å²) in [5, 5.41) is 4.73. The van der Waals surface area contributed by atoms with Crippen LogP contribution in [0.4, 0.5) is 17.1 Å². The molecule has 0 radical (unpaired) electrons. The van der Waals surface area contributed by atoms with Crippen LogP contribution in [0.15, 0.2) is 211 Å². The molecule has 0 spiro atoms. The molecule has 3 nitrogen and oxygen atoms in total. The molecule has 0 unspecified atom stereocenters. The summed E-state index contributed by atoms with van der Waals surface area (Å²) in [6.07, 6.45) is 0. The number of rotatable bonds is 6. The van der Waals surface area contributed by atoms with Crippen molar-refractivity contribution in [3.63, 3.8) is 0 Å². The molecule has 0 N–H and O–H groups in total. The Labute approximate surface area is 349 Å². The molecule has 0 fully saturated rings. The maximum Gasteiger partial charge on any atom is 0.136 e. The quantitative estimate of drug-likeness (QED) is 0.168. The molecule has 2 heterocycles. The van der Waals surface area contributed by atoms with Gasteiger partial charge in [0.1, 0.15) is 11.2 Å². The highest BCUT2D eigenvalue weighted by Gasteiger charge is 2.35. The Balaban J connectivity index is 0.946. The van der Waals surface area contributed by atoms with Gasteiger partial charge in [0.15, 0.2) is 0 Å². The number of aromatic nitrogens is 1. The zero-order chi connectivity index (χ0) is 40.0. The first-order valence-electron chi connectivity index (χ1n) is 20.8. The number of furan rings is 1. The van der Waals surface area contributed by atoms with Gasteiger partial charge in [0.2, 0.25) is 0 Å². The van der Waals surface area contributed by atoms with E-state index in [1.807, 2.05) is 0 Å². The normalized spacial score (nSPS) is 13.0. The zero-order valence-electron chi connectivity index (χ0n) is 33.4. The standard InChI is InChI=1S/C57H40N2O/c1-57(2)50-21-11-9-18-45(50)46-31-30-43(36-51(46)57)58(40-14-5-3-6-15-40)42-28-24-37(25-29-42)44-20-13-23-55-56(44)49-35-39(27-33-54(49)60-55)38-26-32-53-48(34-38)47-19-10-12-22-52(47)59(53)41-16-7-4-8-17-41/h3-36H,1-2H3. The van der Waals surface area contributed by atoms with E-state index < -0.39 is 0 Å². The van der Waals surface area contributed by atoms with Gasteiger partial charge in [0, 0.05) is 49.7 Å². The van der Waals surface area contributed by atoms with Crippen molar-refractivity contribution in [1.82, 2.24) is 4.57 Å². The second-order valence-electron chi connectivity index (χ2n) is 16.5.